The Morgan fingerprint density at radius 3 is 2.23 bits per heavy atom. The second-order valence-electron chi connectivity index (χ2n) is 9.88. The van der Waals surface area contributed by atoms with Gasteiger partial charge in [0.25, 0.3) is 0 Å². The van der Waals surface area contributed by atoms with Crippen LogP contribution in [0.5, 0.6) is 0 Å². The topological polar surface area (TPSA) is 62.6 Å². The number of rotatable bonds is 7. The van der Waals surface area contributed by atoms with Crippen molar-refractivity contribution in [3.8, 4) is 0 Å². The van der Waals surface area contributed by atoms with Gasteiger partial charge in [0.2, 0.25) is 11.8 Å². The summed E-state index contributed by atoms with van der Waals surface area (Å²) >= 11 is 0. The number of benzene rings is 1. The van der Waals surface area contributed by atoms with Gasteiger partial charge < -0.3 is 15.5 Å². The minimum absolute atomic E-state index is 0.0148. The molecule has 0 spiro atoms. The lowest BCUT2D eigenvalue weighted by atomic mass is 9.82. The number of carbonyl (C=O) groups excluding carboxylic acids is 2. The number of amides is 2. The molecule has 3 rings (SSSR count). The quantitative estimate of drug-likeness (QED) is 0.641. The van der Waals surface area contributed by atoms with Crippen molar-refractivity contribution in [3.05, 3.63) is 35.9 Å². The molecule has 1 aliphatic carbocycles. The Bertz CT molecular complexity index is 675. The molecule has 1 aromatic carbocycles. The lowest BCUT2D eigenvalue weighted by Crippen LogP contribution is -3.12. The van der Waals surface area contributed by atoms with Gasteiger partial charge in [-0.25, -0.2) is 0 Å². The SMILES string of the molecule is CC1CCC(C(=O)N[C@@H](C(=O)NC2CC[NH+](Cc3ccccc3)CC2)C(C)C)CC1. The van der Waals surface area contributed by atoms with Crippen molar-refractivity contribution in [3.63, 3.8) is 0 Å². The molecule has 0 bridgehead atoms. The highest BCUT2D eigenvalue weighted by atomic mass is 16.2. The first-order chi connectivity index (χ1) is 14.4. The number of hydrogen-bond donors (Lipinski definition) is 3. The average Bonchev–Trinajstić information content (AvgIpc) is 2.74. The van der Waals surface area contributed by atoms with Gasteiger partial charge in [0, 0.05) is 30.4 Å². The Kier molecular flexibility index (Phi) is 8.32. The van der Waals surface area contributed by atoms with Crippen molar-refractivity contribution >= 4 is 11.8 Å². The number of quaternary nitrogens is 1. The first kappa shape index (κ1) is 22.8. The van der Waals surface area contributed by atoms with Crippen LogP contribution in [0.4, 0.5) is 0 Å². The molecule has 3 N–H and O–H groups in total. The Morgan fingerprint density at radius 2 is 1.63 bits per heavy atom. The molecule has 0 aromatic heterocycles. The van der Waals surface area contributed by atoms with E-state index in [0.29, 0.717) is 5.92 Å². The number of carbonyl (C=O) groups is 2. The highest BCUT2D eigenvalue weighted by Gasteiger charge is 2.32. The second-order valence-corrected chi connectivity index (χ2v) is 9.88. The summed E-state index contributed by atoms with van der Waals surface area (Å²) in [5.74, 6) is 0.922. The van der Waals surface area contributed by atoms with Crippen molar-refractivity contribution in [2.45, 2.75) is 77.9 Å². The van der Waals surface area contributed by atoms with Crippen LogP contribution in [0.2, 0.25) is 0 Å². The van der Waals surface area contributed by atoms with E-state index < -0.39 is 6.04 Å². The number of hydrogen-bond acceptors (Lipinski definition) is 2. The fourth-order valence-corrected chi connectivity index (χ4v) is 4.85. The van der Waals surface area contributed by atoms with E-state index in [1.54, 1.807) is 4.90 Å². The van der Waals surface area contributed by atoms with Crippen LogP contribution in [0.1, 0.15) is 64.9 Å². The third-order valence-electron chi connectivity index (χ3n) is 6.97. The van der Waals surface area contributed by atoms with Gasteiger partial charge in [0.1, 0.15) is 12.6 Å². The van der Waals surface area contributed by atoms with E-state index in [-0.39, 0.29) is 29.7 Å². The Hall–Kier alpha value is -1.88. The fourth-order valence-electron chi connectivity index (χ4n) is 4.85. The summed E-state index contributed by atoms with van der Waals surface area (Å²) < 4.78 is 0. The standard InChI is InChI=1S/C25H39N3O2/c1-18(2)23(27-24(29)21-11-9-19(3)10-12-21)25(30)26-22-13-15-28(16-14-22)17-20-7-5-4-6-8-20/h4-8,18-19,21-23H,9-17H2,1-3H3,(H,26,30)(H,27,29)/p+1/t19?,21?,23-/m1/s1. The lowest BCUT2D eigenvalue weighted by molar-refractivity contribution is -0.918. The summed E-state index contributed by atoms with van der Waals surface area (Å²) in [6.45, 7) is 9.47. The van der Waals surface area contributed by atoms with E-state index in [1.807, 2.05) is 13.8 Å². The van der Waals surface area contributed by atoms with Crippen LogP contribution in [0.25, 0.3) is 0 Å². The van der Waals surface area contributed by atoms with Gasteiger partial charge >= 0.3 is 0 Å². The van der Waals surface area contributed by atoms with Crippen molar-refractivity contribution in [1.29, 1.82) is 0 Å². The fraction of sp³-hybridized carbons (Fsp3) is 0.680. The van der Waals surface area contributed by atoms with E-state index in [9.17, 15) is 9.59 Å². The first-order valence-electron chi connectivity index (χ1n) is 11.9. The largest absolute Gasteiger partial charge is 0.351 e. The van der Waals surface area contributed by atoms with Crippen LogP contribution in [0.15, 0.2) is 30.3 Å². The molecule has 1 aromatic rings. The number of likely N-dealkylation sites (tertiary alicyclic amines) is 1. The molecule has 5 nitrogen and oxygen atoms in total. The molecule has 30 heavy (non-hydrogen) atoms. The summed E-state index contributed by atoms with van der Waals surface area (Å²) in [5.41, 5.74) is 1.37. The molecule has 0 unspecified atom stereocenters. The summed E-state index contributed by atoms with van der Waals surface area (Å²) in [7, 11) is 0. The summed E-state index contributed by atoms with van der Waals surface area (Å²) in [6.07, 6.45) is 6.10. The summed E-state index contributed by atoms with van der Waals surface area (Å²) in [6, 6.07) is 10.4. The van der Waals surface area contributed by atoms with Gasteiger partial charge in [0.05, 0.1) is 13.1 Å². The predicted molar refractivity (Wildman–Crippen MR) is 120 cm³/mol. The van der Waals surface area contributed by atoms with E-state index in [0.717, 1.165) is 58.2 Å². The molecule has 166 valence electrons. The lowest BCUT2D eigenvalue weighted by Gasteiger charge is -2.32. The molecule has 1 saturated heterocycles. The molecule has 1 aliphatic heterocycles. The van der Waals surface area contributed by atoms with Crippen molar-refractivity contribution < 1.29 is 14.5 Å². The zero-order chi connectivity index (χ0) is 21.5. The van der Waals surface area contributed by atoms with Crippen LogP contribution < -0.4 is 15.5 Å². The number of nitrogens with one attached hydrogen (secondary N) is 3. The molecular weight excluding hydrogens is 374 g/mol. The van der Waals surface area contributed by atoms with Crippen LogP contribution >= 0.6 is 0 Å². The second kappa shape index (κ2) is 10.9. The maximum Gasteiger partial charge on any atom is 0.243 e. The van der Waals surface area contributed by atoms with Gasteiger partial charge in [-0.1, -0.05) is 51.1 Å². The van der Waals surface area contributed by atoms with Crippen molar-refractivity contribution in [2.75, 3.05) is 13.1 Å². The molecule has 2 aliphatic rings. The Labute approximate surface area is 182 Å². The highest BCUT2D eigenvalue weighted by molar-refractivity contribution is 5.88. The molecule has 1 heterocycles. The van der Waals surface area contributed by atoms with Crippen LogP contribution in [-0.2, 0) is 16.1 Å². The molecule has 2 fully saturated rings. The smallest absolute Gasteiger partial charge is 0.243 e. The monoisotopic (exact) mass is 414 g/mol. The van der Waals surface area contributed by atoms with E-state index in [4.69, 9.17) is 0 Å². The first-order valence-corrected chi connectivity index (χ1v) is 11.9. The van der Waals surface area contributed by atoms with Crippen molar-refractivity contribution in [2.24, 2.45) is 17.8 Å². The summed E-state index contributed by atoms with van der Waals surface area (Å²) in [4.78, 5) is 27.3. The van der Waals surface area contributed by atoms with Gasteiger partial charge in [-0.05, 0) is 37.5 Å². The minimum Gasteiger partial charge on any atom is -0.351 e. The predicted octanol–water partition coefficient (Wildman–Crippen LogP) is 2.32. The van der Waals surface area contributed by atoms with Gasteiger partial charge in [-0.3, -0.25) is 9.59 Å². The normalized spacial score (nSPS) is 28.0. The van der Waals surface area contributed by atoms with E-state index in [1.165, 1.54) is 5.56 Å². The summed E-state index contributed by atoms with van der Waals surface area (Å²) in [5, 5.41) is 6.31. The van der Waals surface area contributed by atoms with Gasteiger partial charge in [0.15, 0.2) is 0 Å². The third kappa shape index (κ3) is 6.56. The molecular formula is C25H40N3O2+. The molecule has 2 amide bonds. The maximum atomic E-state index is 13.0. The van der Waals surface area contributed by atoms with Gasteiger partial charge in [-0.15, -0.1) is 0 Å². The molecule has 1 atom stereocenters. The number of piperidine rings is 1. The van der Waals surface area contributed by atoms with E-state index >= 15 is 0 Å². The zero-order valence-corrected chi connectivity index (χ0v) is 19.0. The zero-order valence-electron chi connectivity index (χ0n) is 19.0. The molecule has 5 heteroatoms. The van der Waals surface area contributed by atoms with Crippen LogP contribution in [0, 0.1) is 17.8 Å². The van der Waals surface area contributed by atoms with Crippen molar-refractivity contribution in [1.82, 2.24) is 10.6 Å². The highest BCUT2D eigenvalue weighted by Crippen LogP contribution is 2.28. The van der Waals surface area contributed by atoms with Crippen LogP contribution in [0.3, 0.4) is 0 Å². The molecule has 0 radical (unpaired) electrons. The van der Waals surface area contributed by atoms with Crippen LogP contribution in [-0.4, -0.2) is 37.0 Å². The van der Waals surface area contributed by atoms with E-state index in [2.05, 4.69) is 47.9 Å². The van der Waals surface area contributed by atoms with Gasteiger partial charge in [-0.2, -0.15) is 0 Å². The Balaban J connectivity index is 1.45. The molecule has 1 saturated carbocycles. The average molecular weight is 415 g/mol. The third-order valence-corrected chi connectivity index (χ3v) is 6.97. The Morgan fingerprint density at radius 1 is 1.00 bits per heavy atom. The maximum absolute atomic E-state index is 13.0. The minimum atomic E-state index is -0.438.